The number of carbonyl (C=O) groups excluding carboxylic acids is 1. The molecule has 0 spiro atoms. The van der Waals surface area contributed by atoms with Gasteiger partial charge in [0.2, 0.25) is 5.91 Å². The van der Waals surface area contributed by atoms with Gasteiger partial charge in [0.05, 0.1) is 6.42 Å². The Morgan fingerprint density at radius 3 is 2.79 bits per heavy atom. The molecule has 0 aliphatic carbocycles. The number of rotatable bonds is 6. The molecule has 1 saturated heterocycles. The molecule has 2 aromatic rings. The van der Waals surface area contributed by atoms with E-state index in [1.807, 2.05) is 19.2 Å². The molecule has 1 aliphatic rings. The summed E-state index contributed by atoms with van der Waals surface area (Å²) in [4.78, 5) is 14.8. The maximum atomic E-state index is 12.2. The van der Waals surface area contributed by atoms with Crippen molar-refractivity contribution < 1.29 is 4.79 Å². The molecule has 0 radical (unpaired) electrons. The van der Waals surface area contributed by atoms with Gasteiger partial charge in [-0.3, -0.25) is 4.79 Å². The molecule has 24 heavy (non-hydrogen) atoms. The Labute approximate surface area is 144 Å². The van der Waals surface area contributed by atoms with E-state index in [1.165, 1.54) is 36.8 Å². The average Bonchev–Trinajstić information content (AvgIpc) is 2.90. The highest BCUT2D eigenvalue weighted by molar-refractivity contribution is 5.89. The summed E-state index contributed by atoms with van der Waals surface area (Å²) in [7, 11) is 2.03. The second-order valence-electron chi connectivity index (χ2n) is 7.19. The van der Waals surface area contributed by atoms with Crippen LogP contribution < -0.4 is 5.32 Å². The van der Waals surface area contributed by atoms with Gasteiger partial charge in [0.25, 0.3) is 0 Å². The van der Waals surface area contributed by atoms with Gasteiger partial charge < -0.3 is 14.8 Å². The van der Waals surface area contributed by atoms with Crippen molar-refractivity contribution in [3.05, 3.63) is 36.0 Å². The van der Waals surface area contributed by atoms with Crippen LogP contribution in [0.3, 0.4) is 0 Å². The first kappa shape index (κ1) is 17.0. The number of likely N-dealkylation sites (tertiary alicyclic amines) is 1. The van der Waals surface area contributed by atoms with Crippen LogP contribution in [0.1, 0.15) is 31.7 Å². The predicted octanol–water partition coefficient (Wildman–Crippen LogP) is 2.96. The Morgan fingerprint density at radius 1 is 1.25 bits per heavy atom. The van der Waals surface area contributed by atoms with E-state index in [0.29, 0.717) is 6.42 Å². The van der Waals surface area contributed by atoms with Crippen LogP contribution in [0, 0.1) is 5.92 Å². The lowest BCUT2D eigenvalue weighted by atomic mass is 9.99. The van der Waals surface area contributed by atoms with E-state index >= 15 is 0 Å². The van der Waals surface area contributed by atoms with Crippen molar-refractivity contribution >= 4 is 16.8 Å². The minimum atomic E-state index is 0.124. The van der Waals surface area contributed by atoms with Crippen LogP contribution in [0.25, 0.3) is 10.9 Å². The summed E-state index contributed by atoms with van der Waals surface area (Å²) in [5.74, 6) is 1.00. The largest absolute Gasteiger partial charge is 0.356 e. The Kier molecular flexibility index (Phi) is 5.56. The maximum absolute atomic E-state index is 12.2. The Balaban J connectivity index is 1.42. The van der Waals surface area contributed by atoms with Gasteiger partial charge in [-0.2, -0.15) is 0 Å². The van der Waals surface area contributed by atoms with Crippen molar-refractivity contribution in [3.8, 4) is 0 Å². The number of nitrogens with zero attached hydrogens (tertiary/aromatic N) is 2. The Bertz CT molecular complexity index is 683. The van der Waals surface area contributed by atoms with Crippen LogP contribution in [0.5, 0.6) is 0 Å². The van der Waals surface area contributed by atoms with Gasteiger partial charge in [0, 0.05) is 30.7 Å². The van der Waals surface area contributed by atoms with Crippen molar-refractivity contribution in [2.45, 2.75) is 32.6 Å². The number of hydrogen-bond acceptors (Lipinski definition) is 2. The van der Waals surface area contributed by atoms with Gasteiger partial charge in [0.15, 0.2) is 0 Å². The molecule has 1 aliphatic heterocycles. The fourth-order valence-corrected chi connectivity index (χ4v) is 3.62. The second-order valence-corrected chi connectivity index (χ2v) is 7.19. The number of piperidine rings is 1. The van der Waals surface area contributed by atoms with Crippen molar-refractivity contribution in [2.75, 3.05) is 26.2 Å². The summed E-state index contributed by atoms with van der Waals surface area (Å²) in [5, 5.41) is 4.26. The van der Waals surface area contributed by atoms with Crippen LogP contribution >= 0.6 is 0 Å². The van der Waals surface area contributed by atoms with E-state index in [2.05, 4.69) is 40.0 Å². The number of nitrogens with one attached hydrogen (secondary N) is 1. The molecule has 1 fully saturated rings. The maximum Gasteiger partial charge on any atom is 0.224 e. The summed E-state index contributed by atoms with van der Waals surface area (Å²) >= 11 is 0. The number of hydrogen-bond donors (Lipinski definition) is 1. The lowest BCUT2D eigenvalue weighted by Crippen LogP contribution is -2.35. The van der Waals surface area contributed by atoms with Crippen LogP contribution in [0.4, 0.5) is 0 Å². The van der Waals surface area contributed by atoms with Crippen LogP contribution in [-0.4, -0.2) is 41.6 Å². The van der Waals surface area contributed by atoms with Crippen LogP contribution in [0.2, 0.25) is 0 Å². The van der Waals surface area contributed by atoms with E-state index in [4.69, 9.17) is 0 Å². The molecular formula is C20H29N3O. The molecule has 1 aromatic heterocycles. The third-order valence-electron chi connectivity index (χ3n) is 5.18. The first-order valence-corrected chi connectivity index (χ1v) is 9.15. The van der Waals surface area contributed by atoms with Crippen molar-refractivity contribution in [1.29, 1.82) is 0 Å². The summed E-state index contributed by atoms with van der Waals surface area (Å²) in [5.41, 5.74) is 2.29. The zero-order valence-corrected chi connectivity index (χ0v) is 14.9. The topological polar surface area (TPSA) is 37.3 Å². The smallest absolute Gasteiger partial charge is 0.224 e. The number of fused-ring (bicyclic) bond motifs is 1. The van der Waals surface area contributed by atoms with Gasteiger partial charge >= 0.3 is 0 Å². The average molecular weight is 327 g/mol. The number of amides is 1. The van der Waals surface area contributed by atoms with E-state index in [9.17, 15) is 4.79 Å². The monoisotopic (exact) mass is 327 g/mol. The number of para-hydroxylation sites is 1. The van der Waals surface area contributed by atoms with Crippen molar-refractivity contribution in [2.24, 2.45) is 13.0 Å². The summed E-state index contributed by atoms with van der Waals surface area (Å²) in [6.45, 7) is 6.64. The third-order valence-corrected chi connectivity index (χ3v) is 5.18. The van der Waals surface area contributed by atoms with Gasteiger partial charge in [-0.15, -0.1) is 0 Å². The van der Waals surface area contributed by atoms with Crippen LogP contribution in [0.15, 0.2) is 30.5 Å². The number of aromatic nitrogens is 1. The van der Waals surface area contributed by atoms with Gasteiger partial charge in [-0.05, 0) is 56.4 Å². The minimum Gasteiger partial charge on any atom is -0.356 e. The first-order valence-electron chi connectivity index (χ1n) is 9.15. The molecule has 2 heterocycles. The molecule has 3 rings (SSSR count). The molecule has 4 heteroatoms. The lowest BCUT2D eigenvalue weighted by Gasteiger charge is -2.30. The third kappa shape index (κ3) is 4.18. The van der Waals surface area contributed by atoms with Crippen molar-refractivity contribution in [1.82, 2.24) is 14.8 Å². The lowest BCUT2D eigenvalue weighted by molar-refractivity contribution is -0.120. The second kappa shape index (κ2) is 7.84. The highest BCUT2D eigenvalue weighted by Crippen LogP contribution is 2.20. The van der Waals surface area contributed by atoms with E-state index in [-0.39, 0.29) is 5.91 Å². The molecule has 4 nitrogen and oxygen atoms in total. The predicted molar refractivity (Wildman–Crippen MR) is 99.1 cm³/mol. The number of benzene rings is 1. The SMILES string of the molecule is CC1CCN(CCCNC(=O)Cc2cn(C)c3ccccc23)CC1. The Morgan fingerprint density at radius 2 is 2.00 bits per heavy atom. The molecule has 1 aromatic carbocycles. The normalized spacial score (nSPS) is 16.6. The van der Waals surface area contributed by atoms with E-state index < -0.39 is 0 Å². The molecule has 0 atom stereocenters. The zero-order chi connectivity index (χ0) is 16.9. The fourth-order valence-electron chi connectivity index (χ4n) is 3.62. The summed E-state index contributed by atoms with van der Waals surface area (Å²) in [6, 6.07) is 8.25. The number of carbonyl (C=O) groups is 1. The highest BCUT2D eigenvalue weighted by Gasteiger charge is 2.15. The fraction of sp³-hybridized carbons (Fsp3) is 0.550. The zero-order valence-electron chi connectivity index (χ0n) is 14.9. The standard InChI is InChI=1S/C20H29N3O/c1-16-8-12-23(13-9-16)11-5-10-21-20(24)14-17-15-22(2)19-7-4-3-6-18(17)19/h3-4,6-7,15-16H,5,8-14H2,1-2H3,(H,21,24). The molecule has 130 valence electrons. The summed E-state index contributed by atoms with van der Waals surface area (Å²) in [6.07, 6.45) is 6.19. The highest BCUT2D eigenvalue weighted by atomic mass is 16.1. The molecule has 1 N–H and O–H groups in total. The van der Waals surface area contributed by atoms with E-state index in [0.717, 1.165) is 31.0 Å². The minimum absolute atomic E-state index is 0.124. The van der Waals surface area contributed by atoms with Crippen LogP contribution in [-0.2, 0) is 18.3 Å². The molecule has 1 amide bonds. The molecule has 0 bridgehead atoms. The molecular weight excluding hydrogens is 298 g/mol. The number of aryl methyl sites for hydroxylation is 1. The quantitative estimate of drug-likeness (QED) is 0.828. The van der Waals surface area contributed by atoms with E-state index in [1.54, 1.807) is 0 Å². The molecule has 0 saturated carbocycles. The van der Waals surface area contributed by atoms with Gasteiger partial charge in [0.1, 0.15) is 0 Å². The van der Waals surface area contributed by atoms with Gasteiger partial charge in [-0.1, -0.05) is 25.1 Å². The molecule has 0 unspecified atom stereocenters. The Hall–Kier alpha value is -1.81. The van der Waals surface area contributed by atoms with Gasteiger partial charge in [-0.25, -0.2) is 0 Å². The summed E-state index contributed by atoms with van der Waals surface area (Å²) < 4.78 is 2.09. The van der Waals surface area contributed by atoms with Crippen molar-refractivity contribution in [3.63, 3.8) is 0 Å². The first-order chi connectivity index (χ1) is 11.6.